The minimum Gasteiger partial charge on any atom is -0.382 e. The highest BCUT2D eigenvalue weighted by atomic mass is 35.5. The lowest BCUT2D eigenvalue weighted by Crippen LogP contribution is -2.03. The fourth-order valence-corrected chi connectivity index (χ4v) is 2.03. The van der Waals surface area contributed by atoms with Crippen molar-refractivity contribution in [2.75, 3.05) is 0 Å². The van der Waals surface area contributed by atoms with E-state index in [0.29, 0.717) is 10.7 Å². The van der Waals surface area contributed by atoms with Crippen molar-refractivity contribution in [3.05, 3.63) is 77.1 Å². The molecule has 0 spiro atoms. The smallest absolute Gasteiger partial charge is 0.124 e. The first-order chi connectivity index (χ1) is 9.74. The second-order valence-corrected chi connectivity index (χ2v) is 4.78. The molecular formula is C15H12ClN3O. The highest BCUT2D eigenvalue weighted by Gasteiger charge is 2.14. The van der Waals surface area contributed by atoms with Gasteiger partial charge in [-0.3, -0.25) is 0 Å². The van der Waals surface area contributed by atoms with E-state index < -0.39 is 6.10 Å². The van der Waals surface area contributed by atoms with Crippen LogP contribution in [0.1, 0.15) is 17.4 Å². The number of para-hydroxylation sites is 1. The summed E-state index contributed by atoms with van der Waals surface area (Å²) in [5.74, 6) is 0. The number of hydrogen-bond donors (Lipinski definition) is 1. The maximum Gasteiger partial charge on any atom is 0.124 e. The summed E-state index contributed by atoms with van der Waals surface area (Å²) in [6.45, 7) is 0. The summed E-state index contributed by atoms with van der Waals surface area (Å²) in [5.41, 5.74) is 2.08. The van der Waals surface area contributed by atoms with Crippen molar-refractivity contribution < 1.29 is 5.11 Å². The van der Waals surface area contributed by atoms with Gasteiger partial charge in [0.15, 0.2) is 0 Å². The maximum atomic E-state index is 10.3. The SMILES string of the molecule is OC(c1ccc(Cl)cc1)c1cnn(-c2ccccc2)n1. The van der Waals surface area contributed by atoms with Crippen LogP contribution in [0.25, 0.3) is 5.69 Å². The first kappa shape index (κ1) is 12.8. The Morgan fingerprint density at radius 3 is 2.40 bits per heavy atom. The van der Waals surface area contributed by atoms with Gasteiger partial charge in [-0.05, 0) is 29.8 Å². The molecule has 0 aliphatic heterocycles. The van der Waals surface area contributed by atoms with Crippen molar-refractivity contribution in [3.8, 4) is 5.69 Å². The van der Waals surface area contributed by atoms with E-state index in [1.165, 1.54) is 4.80 Å². The summed E-state index contributed by atoms with van der Waals surface area (Å²) in [6, 6.07) is 16.6. The number of halogens is 1. The molecule has 0 saturated carbocycles. The number of nitrogens with zero attached hydrogens (tertiary/aromatic N) is 3. The fourth-order valence-electron chi connectivity index (χ4n) is 1.90. The average molecular weight is 286 g/mol. The summed E-state index contributed by atoms with van der Waals surface area (Å²) in [6.07, 6.45) is 0.747. The molecule has 1 unspecified atom stereocenters. The molecule has 1 heterocycles. The van der Waals surface area contributed by atoms with Crippen LogP contribution in [0.15, 0.2) is 60.8 Å². The predicted molar refractivity (Wildman–Crippen MR) is 76.9 cm³/mol. The van der Waals surface area contributed by atoms with Gasteiger partial charge in [0.2, 0.25) is 0 Å². The van der Waals surface area contributed by atoms with E-state index in [1.54, 1.807) is 30.5 Å². The van der Waals surface area contributed by atoms with Crippen LogP contribution in [0.5, 0.6) is 0 Å². The molecule has 0 aliphatic carbocycles. The molecule has 0 bridgehead atoms. The van der Waals surface area contributed by atoms with Gasteiger partial charge < -0.3 is 5.11 Å². The molecule has 1 aromatic heterocycles. The van der Waals surface area contributed by atoms with E-state index in [9.17, 15) is 5.11 Å². The first-order valence-corrected chi connectivity index (χ1v) is 6.53. The number of aliphatic hydroxyl groups excluding tert-OH is 1. The Hall–Kier alpha value is -2.17. The fraction of sp³-hybridized carbons (Fsp3) is 0.0667. The molecular weight excluding hydrogens is 274 g/mol. The number of rotatable bonds is 3. The highest BCUT2D eigenvalue weighted by Crippen LogP contribution is 2.21. The summed E-state index contributed by atoms with van der Waals surface area (Å²) in [5, 5.41) is 19.4. The summed E-state index contributed by atoms with van der Waals surface area (Å²) < 4.78 is 0. The van der Waals surface area contributed by atoms with Crippen LogP contribution in [-0.2, 0) is 0 Å². The Morgan fingerprint density at radius 1 is 1.00 bits per heavy atom. The normalized spacial score (nSPS) is 12.3. The highest BCUT2D eigenvalue weighted by molar-refractivity contribution is 6.30. The molecule has 5 heteroatoms. The van der Waals surface area contributed by atoms with Crippen molar-refractivity contribution in [1.82, 2.24) is 15.0 Å². The van der Waals surface area contributed by atoms with Gasteiger partial charge in [-0.2, -0.15) is 15.0 Å². The van der Waals surface area contributed by atoms with Gasteiger partial charge in [0.05, 0.1) is 11.9 Å². The molecule has 4 nitrogen and oxygen atoms in total. The molecule has 100 valence electrons. The Bertz CT molecular complexity index is 695. The van der Waals surface area contributed by atoms with E-state index in [-0.39, 0.29) is 0 Å². The zero-order valence-corrected chi connectivity index (χ0v) is 11.3. The van der Waals surface area contributed by atoms with Gasteiger partial charge in [0.1, 0.15) is 11.8 Å². The number of aromatic nitrogens is 3. The Kier molecular flexibility index (Phi) is 3.50. The van der Waals surface area contributed by atoms with Crippen molar-refractivity contribution in [2.24, 2.45) is 0 Å². The second kappa shape index (κ2) is 5.45. The molecule has 20 heavy (non-hydrogen) atoms. The van der Waals surface area contributed by atoms with E-state index in [4.69, 9.17) is 11.6 Å². The molecule has 0 saturated heterocycles. The molecule has 0 radical (unpaired) electrons. The van der Waals surface area contributed by atoms with Crippen molar-refractivity contribution in [1.29, 1.82) is 0 Å². The minimum absolute atomic E-state index is 0.496. The Balaban J connectivity index is 1.88. The van der Waals surface area contributed by atoms with Gasteiger partial charge in [-0.25, -0.2) is 0 Å². The van der Waals surface area contributed by atoms with Crippen LogP contribution in [0.2, 0.25) is 5.02 Å². The quantitative estimate of drug-likeness (QED) is 0.805. The van der Waals surface area contributed by atoms with Crippen LogP contribution in [0.3, 0.4) is 0 Å². The predicted octanol–water partition coefficient (Wildman–Crippen LogP) is 3.00. The van der Waals surface area contributed by atoms with Crippen molar-refractivity contribution in [3.63, 3.8) is 0 Å². The van der Waals surface area contributed by atoms with Crippen molar-refractivity contribution >= 4 is 11.6 Å². The third kappa shape index (κ3) is 2.57. The Morgan fingerprint density at radius 2 is 1.70 bits per heavy atom. The first-order valence-electron chi connectivity index (χ1n) is 6.15. The number of aliphatic hydroxyl groups is 1. The summed E-state index contributed by atoms with van der Waals surface area (Å²) >= 11 is 5.83. The largest absolute Gasteiger partial charge is 0.382 e. The van der Waals surface area contributed by atoms with Crippen LogP contribution in [-0.4, -0.2) is 20.1 Å². The van der Waals surface area contributed by atoms with Gasteiger partial charge in [-0.1, -0.05) is 41.9 Å². The van der Waals surface area contributed by atoms with Gasteiger partial charge in [-0.15, -0.1) is 0 Å². The molecule has 0 amide bonds. The van der Waals surface area contributed by atoms with Crippen LogP contribution in [0.4, 0.5) is 0 Å². The number of hydrogen-bond acceptors (Lipinski definition) is 3. The molecule has 0 fully saturated rings. The molecule has 3 aromatic rings. The molecule has 2 aromatic carbocycles. The summed E-state index contributed by atoms with van der Waals surface area (Å²) in [7, 11) is 0. The average Bonchev–Trinajstić information content (AvgIpc) is 2.98. The van der Waals surface area contributed by atoms with E-state index in [0.717, 1.165) is 11.3 Å². The lowest BCUT2D eigenvalue weighted by Gasteiger charge is -2.07. The minimum atomic E-state index is -0.815. The monoisotopic (exact) mass is 285 g/mol. The second-order valence-electron chi connectivity index (χ2n) is 4.35. The molecule has 1 N–H and O–H groups in total. The third-order valence-electron chi connectivity index (χ3n) is 2.96. The van der Waals surface area contributed by atoms with Gasteiger partial charge in [0, 0.05) is 5.02 Å². The number of benzene rings is 2. The lowest BCUT2D eigenvalue weighted by atomic mass is 10.1. The van der Waals surface area contributed by atoms with Crippen LogP contribution in [0, 0.1) is 0 Å². The van der Waals surface area contributed by atoms with Gasteiger partial charge >= 0.3 is 0 Å². The van der Waals surface area contributed by atoms with Crippen LogP contribution < -0.4 is 0 Å². The van der Waals surface area contributed by atoms with Crippen LogP contribution >= 0.6 is 11.6 Å². The van der Waals surface area contributed by atoms with Crippen molar-refractivity contribution in [2.45, 2.75) is 6.10 Å². The molecule has 3 rings (SSSR count). The van der Waals surface area contributed by atoms with E-state index >= 15 is 0 Å². The molecule has 0 aliphatic rings. The van der Waals surface area contributed by atoms with Gasteiger partial charge in [0.25, 0.3) is 0 Å². The zero-order chi connectivity index (χ0) is 13.9. The standard InChI is InChI=1S/C15H12ClN3O/c16-12-8-6-11(7-9-12)15(20)14-10-17-19(18-14)13-4-2-1-3-5-13/h1-10,15,20H. The Labute approximate surface area is 121 Å². The maximum absolute atomic E-state index is 10.3. The lowest BCUT2D eigenvalue weighted by molar-refractivity contribution is 0.214. The summed E-state index contributed by atoms with van der Waals surface area (Å²) in [4.78, 5) is 1.49. The topological polar surface area (TPSA) is 50.9 Å². The molecule has 1 atom stereocenters. The third-order valence-corrected chi connectivity index (χ3v) is 3.21. The van der Waals surface area contributed by atoms with E-state index in [2.05, 4.69) is 10.2 Å². The zero-order valence-electron chi connectivity index (χ0n) is 10.5. The van der Waals surface area contributed by atoms with E-state index in [1.807, 2.05) is 30.3 Å².